The van der Waals surface area contributed by atoms with Gasteiger partial charge in [-0.25, -0.2) is 4.79 Å². The van der Waals surface area contributed by atoms with Gasteiger partial charge in [0.15, 0.2) is 0 Å². The summed E-state index contributed by atoms with van der Waals surface area (Å²) in [6, 6.07) is 17.6. The lowest BCUT2D eigenvalue weighted by atomic mass is 9.93. The lowest BCUT2D eigenvalue weighted by molar-refractivity contribution is -0.137. The molecule has 5 rings (SSSR count). The summed E-state index contributed by atoms with van der Waals surface area (Å²) in [7, 11) is 1.65. The average molecular weight is 716 g/mol. The number of nitrogens with zero attached hydrogens (tertiary/aromatic N) is 6. The highest BCUT2D eigenvalue weighted by Gasteiger charge is 2.45. The molecule has 9 nitrogen and oxygen atoms in total. The van der Waals surface area contributed by atoms with E-state index >= 15 is 0 Å². The molecule has 2 unspecified atom stereocenters. The van der Waals surface area contributed by atoms with Crippen LogP contribution in [0.3, 0.4) is 0 Å². The third-order valence-corrected chi connectivity index (χ3v) is 9.04. The van der Waals surface area contributed by atoms with Crippen LogP contribution < -0.4 is 4.74 Å². The number of hydrogen-bond acceptors (Lipinski definition) is 6. The Morgan fingerprint density at radius 2 is 1.59 bits per heavy atom. The second-order valence-corrected chi connectivity index (χ2v) is 12.6. The SMILES string of the molecule is CCOc1cc(C(F)(F)F)ccc1C1=NC(c2ccc(Cl)cc2)C(c2ccc(Cl)cc2)N1C(=O)N1CCN(CC(=O)N(C)CCC#N)CC1. The molecule has 2 atom stereocenters. The van der Waals surface area contributed by atoms with E-state index < -0.39 is 29.9 Å². The molecule has 0 saturated carbocycles. The van der Waals surface area contributed by atoms with E-state index in [1.54, 1.807) is 55.3 Å². The third kappa shape index (κ3) is 8.29. The molecule has 3 aromatic rings. The predicted octanol–water partition coefficient (Wildman–Crippen LogP) is 7.07. The molecule has 0 N–H and O–H groups in total. The Morgan fingerprint density at radius 1 is 0.980 bits per heavy atom. The average Bonchev–Trinajstić information content (AvgIpc) is 3.48. The zero-order chi connectivity index (χ0) is 35.3. The van der Waals surface area contributed by atoms with Crippen LogP contribution in [0.1, 0.15) is 47.7 Å². The predicted molar refractivity (Wildman–Crippen MR) is 181 cm³/mol. The zero-order valence-corrected chi connectivity index (χ0v) is 28.5. The van der Waals surface area contributed by atoms with Crippen molar-refractivity contribution in [2.45, 2.75) is 31.6 Å². The van der Waals surface area contributed by atoms with Gasteiger partial charge in [0.25, 0.3) is 0 Å². The van der Waals surface area contributed by atoms with E-state index in [1.165, 1.54) is 15.9 Å². The Hall–Kier alpha value is -4.31. The molecule has 0 aliphatic carbocycles. The molecule has 3 aromatic carbocycles. The van der Waals surface area contributed by atoms with Crippen LogP contribution in [-0.4, -0.2) is 90.3 Å². The van der Waals surface area contributed by atoms with Gasteiger partial charge in [-0.1, -0.05) is 47.5 Å². The van der Waals surface area contributed by atoms with Crippen LogP contribution in [0.4, 0.5) is 18.0 Å². The summed E-state index contributed by atoms with van der Waals surface area (Å²) in [5, 5.41) is 9.86. The van der Waals surface area contributed by atoms with Gasteiger partial charge in [-0.3, -0.25) is 19.6 Å². The van der Waals surface area contributed by atoms with Crippen molar-refractivity contribution in [3.8, 4) is 11.8 Å². The van der Waals surface area contributed by atoms with Crippen molar-refractivity contribution in [3.63, 3.8) is 0 Å². The summed E-state index contributed by atoms with van der Waals surface area (Å²) in [6.45, 7) is 3.66. The highest BCUT2D eigenvalue weighted by molar-refractivity contribution is 6.30. The lowest BCUT2D eigenvalue weighted by Crippen LogP contribution is -2.55. The number of urea groups is 1. The number of hydrogen-bond donors (Lipinski definition) is 0. The van der Waals surface area contributed by atoms with E-state index in [2.05, 4.69) is 0 Å². The molecular formula is C35H35Cl2F3N6O3. The number of carbonyl (C=O) groups excluding carboxylic acids is 2. The van der Waals surface area contributed by atoms with Crippen LogP contribution in [0.15, 0.2) is 71.7 Å². The maximum Gasteiger partial charge on any atom is 0.416 e. The van der Waals surface area contributed by atoms with Crippen molar-refractivity contribution in [2.24, 2.45) is 4.99 Å². The maximum atomic E-state index is 14.7. The number of amidine groups is 1. The highest BCUT2D eigenvalue weighted by Crippen LogP contribution is 2.46. The molecule has 0 spiro atoms. The van der Waals surface area contributed by atoms with Crippen molar-refractivity contribution < 1.29 is 27.5 Å². The second-order valence-electron chi connectivity index (χ2n) is 11.7. The number of carbonyl (C=O) groups is 2. The Balaban J connectivity index is 1.54. The number of likely N-dealkylation sites (N-methyl/N-ethyl adjacent to an activating group) is 1. The Bertz CT molecular complexity index is 1720. The Labute approximate surface area is 293 Å². The highest BCUT2D eigenvalue weighted by atomic mass is 35.5. The first-order valence-corrected chi connectivity index (χ1v) is 16.5. The number of aliphatic imine (C=N–C) groups is 1. The molecule has 0 radical (unpaired) electrons. The van der Waals surface area contributed by atoms with Gasteiger partial charge in [0, 0.05) is 49.8 Å². The number of amides is 3. The smallest absolute Gasteiger partial charge is 0.416 e. The van der Waals surface area contributed by atoms with E-state index in [0.29, 0.717) is 48.3 Å². The number of nitriles is 1. The number of piperazine rings is 1. The van der Waals surface area contributed by atoms with Crippen molar-refractivity contribution in [1.29, 1.82) is 5.26 Å². The molecular weight excluding hydrogens is 680 g/mol. The monoisotopic (exact) mass is 714 g/mol. The van der Waals surface area contributed by atoms with E-state index in [0.717, 1.165) is 17.7 Å². The van der Waals surface area contributed by atoms with Crippen molar-refractivity contribution >= 4 is 41.0 Å². The van der Waals surface area contributed by atoms with Gasteiger partial charge in [0.1, 0.15) is 17.6 Å². The summed E-state index contributed by atoms with van der Waals surface area (Å²) in [6.07, 6.45) is -4.37. The largest absolute Gasteiger partial charge is 0.493 e. The fourth-order valence-corrected chi connectivity index (χ4v) is 6.17. The second kappa shape index (κ2) is 15.5. The van der Waals surface area contributed by atoms with Gasteiger partial charge < -0.3 is 14.5 Å². The lowest BCUT2D eigenvalue weighted by Gasteiger charge is -2.39. The summed E-state index contributed by atoms with van der Waals surface area (Å²) in [4.78, 5) is 39.1. The van der Waals surface area contributed by atoms with Crippen molar-refractivity contribution in [1.82, 2.24) is 19.6 Å². The molecule has 3 amide bonds. The quantitative estimate of drug-likeness (QED) is 0.237. The Morgan fingerprint density at radius 3 is 2.16 bits per heavy atom. The molecule has 0 bridgehead atoms. The minimum atomic E-state index is -4.61. The standard InChI is InChI=1S/C35H35Cl2F3N6O3/c1-3-49-29-21-25(35(38,39)40)9-14-28(29)33-42-31(23-5-10-26(36)11-6-23)32(24-7-12-27(37)13-8-24)46(33)34(48)45-19-17-44(18-20-45)22-30(47)43(2)16-4-15-41/h5-14,21,31-32H,3-4,16-20,22H2,1-2H3. The fourth-order valence-electron chi connectivity index (χ4n) is 5.92. The maximum absolute atomic E-state index is 14.7. The van der Waals surface area contributed by atoms with Gasteiger partial charge in [0.05, 0.1) is 42.8 Å². The van der Waals surface area contributed by atoms with Crippen LogP contribution in [0.5, 0.6) is 5.75 Å². The topological polar surface area (TPSA) is 92.5 Å². The van der Waals surface area contributed by atoms with Crippen LogP contribution in [0.25, 0.3) is 0 Å². The summed E-state index contributed by atoms with van der Waals surface area (Å²) >= 11 is 12.5. The van der Waals surface area contributed by atoms with Crippen LogP contribution in [0.2, 0.25) is 10.0 Å². The zero-order valence-electron chi connectivity index (χ0n) is 27.0. The molecule has 1 saturated heterocycles. The number of ether oxygens (including phenoxy) is 1. The minimum absolute atomic E-state index is 0.0515. The summed E-state index contributed by atoms with van der Waals surface area (Å²) in [5.41, 5.74) is 0.809. The molecule has 49 heavy (non-hydrogen) atoms. The van der Waals surface area contributed by atoms with E-state index in [4.69, 9.17) is 38.2 Å². The van der Waals surface area contributed by atoms with Gasteiger partial charge in [-0.05, 0) is 60.5 Å². The number of alkyl halides is 3. The van der Waals surface area contributed by atoms with Gasteiger partial charge in [0.2, 0.25) is 5.91 Å². The molecule has 0 aromatic heterocycles. The first-order valence-electron chi connectivity index (χ1n) is 15.8. The molecule has 14 heteroatoms. The van der Waals surface area contributed by atoms with E-state index in [-0.39, 0.29) is 42.6 Å². The minimum Gasteiger partial charge on any atom is -0.493 e. The normalized spacial score (nSPS) is 18.2. The third-order valence-electron chi connectivity index (χ3n) is 8.53. The van der Waals surface area contributed by atoms with Gasteiger partial charge in [-0.2, -0.15) is 18.4 Å². The van der Waals surface area contributed by atoms with E-state index in [1.807, 2.05) is 23.1 Å². The fraction of sp³-hybridized carbons (Fsp3) is 0.371. The molecule has 258 valence electrons. The number of halogens is 5. The molecule has 1 fully saturated rings. The van der Waals surface area contributed by atoms with Crippen LogP contribution in [0, 0.1) is 11.3 Å². The summed E-state index contributed by atoms with van der Waals surface area (Å²) < 4.78 is 47.1. The van der Waals surface area contributed by atoms with Gasteiger partial charge >= 0.3 is 12.2 Å². The number of rotatable bonds is 9. The molecule has 2 aliphatic heterocycles. The summed E-state index contributed by atoms with van der Waals surface area (Å²) in [5.74, 6) is -0.00788. The first-order chi connectivity index (χ1) is 23.4. The number of benzene rings is 3. The van der Waals surface area contributed by atoms with E-state index in [9.17, 15) is 22.8 Å². The van der Waals surface area contributed by atoms with Gasteiger partial charge in [-0.15, -0.1) is 0 Å². The molecule has 2 heterocycles. The first kappa shape index (κ1) is 36.0. The van der Waals surface area contributed by atoms with Crippen LogP contribution in [-0.2, 0) is 11.0 Å². The molecule has 2 aliphatic rings. The Kier molecular flexibility index (Phi) is 11.4. The van der Waals surface area contributed by atoms with Crippen molar-refractivity contribution in [3.05, 3.63) is 99.0 Å². The van der Waals surface area contributed by atoms with Crippen molar-refractivity contribution in [2.75, 3.05) is 52.9 Å². The van der Waals surface area contributed by atoms with Crippen LogP contribution >= 0.6 is 23.2 Å².